The van der Waals surface area contributed by atoms with E-state index >= 15 is 0 Å². The van der Waals surface area contributed by atoms with Crippen LogP contribution in [-0.4, -0.2) is 41.3 Å². The molecule has 0 spiro atoms. The van der Waals surface area contributed by atoms with Gasteiger partial charge in [0.2, 0.25) is 11.8 Å². The minimum absolute atomic E-state index is 0.459. The second kappa shape index (κ2) is 5.70. The summed E-state index contributed by atoms with van der Waals surface area (Å²) in [7, 11) is 1.77. The molecule has 108 valence electrons. The molecule has 0 atom stereocenters. The van der Waals surface area contributed by atoms with Crippen LogP contribution in [0.25, 0.3) is 17.6 Å². The Hall–Kier alpha value is -2.77. The zero-order valence-corrected chi connectivity index (χ0v) is 11.9. The first-order chi connectivity index (χ1) is 10.3. The van der Waals surface area contributed by atoms with E-state index in [1.54, 1.807) is 30.3 Å². The number of aryl methyl sites for hydroxylation is 1. The number of aromatic nitrogens is 7. The molecule has 3 aromatic heterocycles. The van der Waals surface area contributed by atoms with Crippen LogP contribution in [0.5, 0.6) is 0 Å². The molecule has 0 radical (unpaired) electrons. The molecule has 3 rings (SSSR count). The van der Waals surface area contributed by atoms with Gasteiger partial charge >= 0.3 is 0 Å². The minimum Gasteiger partial charge on any atom is -0.357 e. The summed E-state index contributed by atoms with van der Waals surface area (Å²) in [4.78, 5) is 17.5. The van der Waals surface area contributed by atoms with Gasteiger partial charge in [0.05, 0.1) is 0 Å². The van der Waals surface area contributed by atoms with Crippen LogP contribution in [-0.2, 0) is 6.54 Å². The molecule has 8 nitrogen and oxygen atoms in total. The van der Waals surface area contributed by atoms with Crippen molar-refractivity contribution in [2.75, 3.05) is 12.4 Å². The Kier molecular flexibility index (Phi) is 3.59. The average Bonchev–Trinajstić information content (AvgIpc) is 3.18. The summed E-state index contributed by atoms with van der Waals surface area (Å²) in [6, 6.07) is 1.82. The van der Waals surface area contributed by atoms with Gasteiger partial charge in [0.15, 0.2) is 5.82 Å². The summed E-state index contributed by atoms with van der Waals surface area (Å²) in [5.74, 6) is 2.19. The monoisotopic (exact) mass is 284 g/mol. The van der Waals surface area contributed by atoms with Crippen LogP contribution in [0.4, 0.5) is 5.95 Å². The Bertz CT molecular complexity index is 716. The molecule has 0 aliphatic rings. The average molecular weight is 284 g/mol. The van der Waals surface area contributed by atoms with E-state index in [2.05, 4.69) is 37.3 Å². The number of hydrogen-bond acceptors (Lipinski definition) is 6. The van der Waals surface area contributed by atoms with E-state index < -0.39 is 0 Å². The molecule has 0 aliphatic heterocycles. The lowest BCUT2D eigenvalue weighted by molar-refractivity contribution is 0.680. The van der Waals surface area contributed by atoms with E-state index in [0.29, 0.717) is 17.7 Å². The number of nitrogens with zero attached hydrogens (tertiary/aromatic N) is 7. The largest absolute Gasteiger partial charge is 0.357 e. The first-order valence-corrected chi connectivity index (χ1v) is 6.77. The van der Waals surface area contributed by atoms with Crippen molar-refractivity contribution in [3.05, 3.63) is 30.9 Å². The topological polar surface area (TPSA) is 86.3 Å². The molecule has 0 aromatic carbocycles. The predicted molar refractivity (Wildman–Crippen MR) is 78.0 cm³/mol. The first kappa shape index (κ1) is 13.2. The number of nitrogens with one attached hydrogen (secondary N) is 1. The zero-order valence-electron chi connectivity index (χ0n) is 11.9. The van der Waals surface area contributed by atoms with E-state index in [4.69, 9.17) is 0 Å². The van der Waals surface area contributed by atoms with Gasteiger partial charge in [-0.15, -0.1) is 0 Å². The van der Waals surface area contributed by atoms with Gasteiger partial charge in [0.1, 0.15) is 0 Å². The van der Waals surface area contributed by atoms with Gasteiger partial charge in [-0.3, -0.25) is 0 Å². The zero-order chi connectivity index (χ0) is 14.7. The first-order valence-electron chi connectivity index (χ1n) is 6.77. The van der Waals surface area contributed by atoms with Crippen LogP contribution in [0.3, 0.4) is 0 Å². The Morgan fingerprint density at radius 3 is 2.76 bits per heavy atom. The third kappa shape index (κ3) is 2.60. The van der Waals surface area contributed by atoms with Gasteiger partial charge in [0, 0.05) is 38.4 Å². The van der Waals surface area contributed by atoms with E-state index in [1.807, 2.05) is 16.8 Å². The number of rotatable bonds is 5. The van der Waals surface area contributed by atoms with Crippen molar-refractivity contribution in [2.24, 2.45) is 0 Å². The van der Waals surface area contributed by atoms with Crippen LogP contribution in [0.2, 0.25) is 0 Å². The fourth-order valence-electron chi connectivity index (χ4n) is 2.00. The molecule has 21 heavy (non-hydrogen) atoms. The number of anilines is 1. The lowest BCUT2D eigenvalue weighted by atomic mass is 10.4. The third-order valence-electron chi connectivity index (χ3n) is 2.94. The fraction of sp³-hybridized carbons (Fsp3) is 0.308. The highest BCUT2D eigenvalue weighted by Gasteiger charge is 2.13. The van der Waals surface area contributed by atoms with Crippen LogP contribution in [0.1, 0.15) is 13.3 Å². The molecule has 0 aliphatic carbocycles. The van der Waals surface area contributed by atoms with Gasteiger partial charge in [-0.2, -0.15) is 20.1 Å². The maximum absolute atomic E-state index is 4.46. The standard InChI is InChI=1S/C13H16N8/c1-3-7-20-9-6-15-11(20)10-17-12(14-2)19-13(18-10)21-8-4-5-16-21/h4-6,8-9H,3,7H2,1-2H3,(H,14,17,18,19). The molecule has 0 bridgehead atoms. The van der Waals surface area contributed by atoms with Crippen LogP contribution in [0.15, 0.2) is 30.9 Å². The summed E-state index contributed by atoms with van der Waals surface area (Å²) >= 11 is 0. The lowest BCUT2D eigenvalue weighted by Crippen LogP contribution is -2.10. The Morgan fingerprint density at radius 2 is 2.05 bits per heavy atom. The van der Waals surface area contributed by atoms with Crippen molar-refractivity contribution < 1.29 is 0 Å². The van der Waals surface area contributed by atoms with Gasteiger partial charge in [-0.25, -0.2) is 9.67 Å². The maximum Gasteiger partial charge on any atom is 0.256 e. The fourth-order valence-corrected chi connectivity index (χ4v) is 2.00. The molecular formula is C13H16N8. The van der Waals surface area contributed by atoms with Crippen LogP contribution >= 0.6 is 0 Å². The van der Waals surface area contributed by atoms with Gasteiger partial charge in [-0.1, -0.05) is 6.92 Å². The molecular weight excluding hydrogens is 268 g/mol. The second-order valence-electron chi connectivity index (χ2n) is 4.43. The normalized spacial score (nSPS) is 10.8. The van der Waals surface area contributed by atoms with E-state index in [1.165, 1.54) is 0 Å². The molecule has 1 N–H and O–H groups in total. The predicted octanol–water partition coefficient (Wildman–Crippen LogP) is 1.37. The summed E-state index contributed by atoms with van der Waals surface area (Å²) < 4.78 is 3.63. The quantitative estimate of drug-likeness (QED) is 0.761. The molecule has 0 unspecified atom stereocenters. The minimum atomic E-state index is 0.459. The summed E-state index contributed by atoms with van der Waals surface area (Å²) in [5.41, 5.74) is 0. The molecule has 0 saturated carbocycles. The lowest BCUT2D eigenvalue weighted by Gasteiger charge is -2.08. The van der Waals surface area contributed by atoms with Crippen molar-refractivity contribution in [3.63, 3.8) is 0 Å². The SMILES string of the molecule is CCCn1ccnc1-c1nc(NC)nc(-n2cccn2)n1. The van der Waals surface area contributed by atoms with Gasteiger partial charge in [-0.05, 0) is 12.5 Å². The van der Waals surface area contributed by atoms with E-state index in [0.717, 1.165) is 18.8 Å². The molecule has 0 fully saturated rings. The van der Waals surface area contributed by atoms with Gasteiger partial charge < -0.3 is 9.88 Å². The number of hydrogen-bond donors (Lipinski definition) is 1. The van der Waals surface area contributed by atoms with Crippen molar-refractivity contribution in [1.29, 1.82) is 0 Å². The van der Waals surface area contributed by atoms with Crippen LogP contribution < -0.4 is 5.32 Å². The molecule has 3 aromatic rings. The third-order valence-corrected chi connectivity index (χ3v) is 2.94. The number of imidazole rings is 1. The second-order valence-corrected chi connectivity index (χ2v) is 4.43. The Morgan fingerprint density at radius 1 is 1.14 bits per heavy atom. The highest BCUT2D eigenvalue weighted by Crippen LogP contribution is 2.16. The molecule has 8 heteroatoms. The van der Waals surface area contributed by atoms with Crippen molar-refractivity contribution in [1.82, 2.24) is 34.3 Å². The Balaban J connectivity index is 2.09. The highest BCUT2D eigenvalue weighted by molar-refractivity contribution is 5.48. The Labute approximate surface area is 121 Å². The van der Waals surface area contributed by atoms with Crippen molar-refractivity contribution in [2.45, 2.75) is 19.9 Å². The molecule has 0 saturated heterocycles. The van der Waals surface area contributed by atoms with Crippen molar-refractivity contribution >= 4 is 5.95 Å². The smallest absolute Gasteiger partial charge is 0.256 e. The summed E-state index contributed by atoms with van der Waals surface area (Å²) in [5, 5.41) is 7.09. The van der Waals surface area contributed by atoms with E-state index in [-0.39, 0.29) is 0 Å². The highest BCUT2D eigenvalue weighted by atomic mass is 15.4. The van der Waals surface area contributed by atoms with Gasteiger partial charge in [0.25, 0.3) is 5.95 Å². The summed E-state index contributed by atoms with van der Waals surface area (Å²) in [6.45, 7) is 2.98. The molecule has 3 heterocycles. The maximum atomic E-state index is 4.46. The molecule has 0 amide bonds. The van der Waals surface area contributed by atoms with Crippen molar-refractivity contribution in [3.8, 4) is 17.6 Å². The van der Waals surface area contributed by atoms with E-state index in [9.17, 15) is 0 Å². The van der Waals surface area contributed by atoms with Crippen LogP contribution in [0, 0.1) is 0 Å². The summed E-state index contributed by atoms with van der Waals surface area (Å²) in [6.07, 6.45) is 8.16.